The monoisotopic (exact) mass is 241 g/mol. The molecule has 1 fully saturated rings. The maximum Gasteiger partial charge on any atom is 0.0799 e. The molecule has 0 amide bonds. The van der Waals surface area contributed by atoms with E-state index in [1.54, 1.807) is 6.20 Å². The van der Waals surface area contributed by atoms with Crippen molar-refractivity contribution in [3.05, 3.63) is 42.2 Å². The molecule has 2 nitrogen and oxygen atoms in total. The lowest BCUT2D eigenvalue weighted by atomic mass is 9.93. The summed E-state index contributed by atoms with van der Waals surface area (Å²) in [5.41, 5.74) is 1.03. The molecule has 18 heavy (non-hydrogen) atoms. The fourth-order valence-corrected chi connectivity index (χ4v) is 3.12. The first kappa shape index (κ1) is 11.7. The third kappa shape index (κ3) is 2.25. The summed E-state index contributed by atoms with van der Waals surface area (Å²) in [5.74, 6) is 0.701. The molecule has 2 aromatic rings. The van der Waals surface area contributed by atoms with Gasteiger partial charge in [-0.1, -0.05) is 43.9 Å². The van der Waals surface area contributed by atoms with Crippen molar-refractivity contribution in [3.8, 4) is 0 Å². The molecule has 3 rings (SSSR count). The maximum atomic E-state index is 10.5. The summed E-state index contributed by atoms with van der Waals surface area (Å²) < 4.78 is 0. The second kappa shape index (κ2) is 5.07. The normalized spacial score (nSPS) is 18.3. The Morgan fingerprint density at radius 3 is 2.89 bits per heavy atom. The smallest absolute Gasteiger partial charge is 0.0799 e. The van der Waals surface area contributed by atoms with Crippen molar-refractivity contribution >= 4 is 10.8 Å². The molecule has 0 saturated heterocycles. The van der Waals surface area contributed by atoms with Crippen LogP contribution in [0.3, 0.4) is 0 Å². The number of nitrogens with zero attached hydrogens (tertiary/aromatic N) is 1. The van der Waals surface area contributed by atoms with E-state index in [0.29, 0.717) is 5.92 Å². The highest BCUT2D eigenvalue weighted by molar-refractivity contribution is 5.85. The number of aliphatic hydroxyl groups excluding tert-OH is 1. The first-order valence-corrected chi connectivity index (χ1v) is 6.85. The van der Waals surface area contributed by atoms with E-state index in [0.717, 1.165) is 22.8 Å². The first-order chi connectivity index (χ1) is 8.84. The van der Waals surface area contributed by atoms with Gasteiger partial charge in [-0.05, 0) is 29.4 Å². The van der Waals surface area contributed by atoms with E-state index < -0.39 is 0 Å². The van der Waals surface area contributed by atoms with Gasteiger partial charge in [-0.3, -0.25) is 4.98 Å². The van der Waals surface area contributed by atoms with Gasteiger partial charge in [-0.2, -0.15) is 0 Å². The highest BCUT2D eigenvalue weighted by Crippen LogP contribution is 2.34. The largest absolute Gasteiger partial charge is 0.388 e. The zero-order chi connectivity index (χ0) is 12.4. The predicted octanol–water partition coefficient (Wildman–Crippen LogP) is 3.85. The van der Waals surface area contributed by atoms with Crippen molar-refractivity contribution in [2.24, 2.45) is 5.92 Å². The molecule has 1 aromatic carbocycles. The molecule has 0 spiro atoms. The van der Waals surface area contributed by atoms with E-state index >= 15 is 0 Å². The van der Waals surface area contributed by atoms with Gasteiger partial charge in [-0.25, -0.2) is 0 Å². The third-order valence-electron chi connectivity index (χ3n) is 4.11. The summed E-state index contributed by atoms with van der Waals surface area (Å²) in [6.45, 7) is 0. The molecule has 0 bridgehead atoms. The van der Waals surface area contributed by atoms with Crippen LogP contribution in [0.25, 0.3) is 10.8 Å². The van der Waals surface area contributed by atoms with Crippen LogP contribution < -0.4 is 0 Å². The molecule has 0 radical (unpaired) electrons. The molecule has 1 aliphatic rings. The van der Waals surface area contributed by atoms with Gasteiger partial charge in [0.05, 0.1) is 6.10 Å². The summed E-state index contributed by atoms with van der Waals surface area (Å²) in [7, 11) is 0. The molecule has 2 heteroatoms. The lowest BCUT2D eigenvalue weighted by Gasteiger charge is -2.17. The second-order valence-electron chi connectivity index (χ2n) is 5.35. The van der Waals surface area contributed by atoms with E-state index in [9.17, 15) is 5.11 Å². The zero-order valence-corrected chi connectivity index (χ0v) is 10.5. The van der Waals surface area contributed by atoms with Gasteiger partial charge in [0.2, 0.25) is 0 Å². The van der Waals surface area contributed by atoms with Crippen LogP contribution in [-0.4, -0.2) is 10.1 Å². The minimum atomic E-state index is -0.346. The van der Waals surface area contributed by atoms with Crippen LogP contribution in [0.4, 0.5) is 0 Å². The minimum Gasteiger partial charge on any atom is -0.388 e. The van der Waals surface area contributed by atoms with Crippen molar-refractivity contribution < 1.29 is 5.11 Å². The molecule has 1 aliphatic carbocycles. The predicted molar refractivity (Wildman–Crippen MR) is 73.3 cm³/mol. The number of hydrogen-bond donors (Lipinski definition) is 1. The highest BCUT2D eigenvalue weighted by Gasteiger charge is 2.20. The Labute approximate surface area is 108 Å². The number of hydrogen-bond acceptors (Lipinski definition) is 2. The molecule has 1 aromatic heterocycles. The van der Waals surface area contributed by atoms with Gasteiger partial charge >= 0.3 is 0 Å². The SMILES string of the molecule is OC(CC1CCCC1)c1cccc2ccncc12. The van der Waals surface area contributed by atoms with Gasteiger partial charge < -0.3 is 5.11 Å². The molecule has 1 atom stereocenters. The second-order valence-corrected chi connectivity index (χ2v) is 5.35. The standard InChI is InChI=1S/C16H19NO/c18-16(10-12-4-1-2-5-12)14-7-3-6-13-8-9-17-11-15(13)14/h3,6-9,11-12,16,18H,1-2,4-5,10H2. The fraction of sp³-hybridized carbons (Fsp3) is 0.438. The molecule has 1 unspecified atom stereocenters. The van der Waals surface area contributed by atoms with Crippen molar-refractivity contribution in [2.75, 3.05) is 0 Å². The minimum absolute atomic E-state index is 0.346. The summed E-state index contributed by atoms with van der Waals surface area (Å²) in [6, 6.07) is 8.13. The van der Waals surface area contributed by atoms with Crippen LogP contribution in [-0.2, 0) is 0 Å². The molecule has 1 N–H and O–H groups in total. The Morgan fingerprint density at radius 1 is 1.22 bits per heavy atom. The lowest BCUT2D eigenvalue weighted by Crippen LogP contribution is -2.05. The Bertz CT molecular complexity index is 526. The van der Waals surface area contributed by atoms with Crippen LogP contribution in [0.2, 0.25) is 0 Å². The van der Waals surface area contributed by atoms with Crippen molar-refractivity contribution in [1.29, 1.82) is 0 Å². The van der Waals surface area contributed by atoms with E-state index in [1.807, 2.05) is 24.4 Å². The van der Waals surface area contributed by atoms with Gasteiger partial charge in [0.15, 0.2) is 0 Å². The number of pyridine rings is 1. The lowest BCUT2D eigenvalue weighted by molar-refractivity contribution is 0.146. The molecule has 1 saturated carbocycles. The Hall–Kier alpha value is -1.41. The number of benzene rings is 1. The van der Waals surface area contributed by atoms with Crippen molar-refractivity contribution in [3.63, 3.8) is 0 Å². The summed E-state index contributed by atoms with van der Waals surface area (Å²) in [6.07, 6.45) is 9.43. The molecular weight excluding hydrogens is 222 g/mol. The van der Waals surface area contributed by atoms with E-state index in [-0.39, 0.29) is 6.10 Å². The Kier molecular flexibility index (Phi) is 3.28. The van der Waals surface area contributed by atoms with Crippen molar-refractivity contribution in [1.82, 2.24) is 4.98 Å². The van der Waals surface area contributed by atoms with Crippen molar-refractivity contribution in [2.45, 2.75) is 38.2 Å². The Morgan fingerprint density at radius 2 is 2.06 bits per heavy atom. The van der Waals surface area contributed by atoms with Crippen LogP contribution in [0, 0.1) is 5.92 Å². The van der Waals surface area contributed by atoms with E-state index in [4.69, 9.17) is 0 Å². The van der Waals surface area contributed by atoms with E-state index in [1.165, 1.54) is 25.7 Å². The maximum absolute atomic E-state index is 10.5. The number of fused-ring (bicyclic) bond motifs is 1. The quantitative estimate of drug-likeness (QED) is 0.885. The van der Waals surface area contributed by atoms with Gasteiger partial charge in [0.1, 0.15) is 0 Å². The number of aromatic nitrogens is 1. The van der Waals surface area contributed by atoms with E-state index in [2.05, 4.69) is 11.1 Å². The zero-order valence-electron chi connectivity index (χ0n) is 10.5. The molecule has 0 aliphatic heterocycles. The van der Waals surface area contributed by atoms with Gasteiger partial charge in [0, 0.05) is 17.8 Å². The van der Waals surface area contributed by atoms with Crippen LogP contribution in [0.5, 0.6) is 0 Å². The molecular formula is C16H19NO. The summed E-state index contributed by atoms with van der Waals surface area (Å²) >= 11 is 0. The van der Waals surface area contributed by atoms with Crippen LogP contribution in [0.15, 0.2) is 36.7 Å². The Balaban J connectivity index is 1.88. The fourth-order valence-electron chi connectivity index (χ4n) is 3.12. The highest BCUT2D eigenvalue weighted by atomic mass is 16.3. The topological polar surface area (TPSA) is 33.1 Å². The number of rotatable bonds is 3. The average molecular weight is 241 g/mol. The first-order valence-electron chi connectivity index (χ1n) is 6.85. The average Bonchev–Trinajstić information content (AvgIpc) is 2.91. The van der Waals surface area contributed by atoms with Crippen LogP contribution >= 0.6 is 0 Å². The van der Waals surface area contributed by atoms with Gasteiger partial charge in [-0.15, -0.1) is 0 Å². The number of aliphatic hydroxyl groups is 1. The van der Waals surface area contributed by atoms with Crippen LogP contribution in [0.1, 0.15) is 43.8 Å². The van der Waals surface area contributed by atoms with Gasteiger partial charge in [0.25, 0.3) is 0 Å². The third-order valence-corrected chi connectivity index (χ3v) is 4.11. The molecule has 94 valence electrons. The molecule has 1 heterocycles. The summed E-state index contributed by atoms with van der Waals surface area (Å²) in [5, 5.41) is 12.7. The summed E-state index contributed by atoms with van der Waals surface area (Å²) in [4.78, 5) is 4.18.